The summed E-state index contributed by atoms with van der Waals surface area (Å²) in [4.78, 5) is 0. The number of fused-ring (bicyclic) bond motifs is 1. The fourth-order valence-electron chi connectivity index (χ4n) is 2.28. The van der Waals surface area contributed by atoms with Gasteiger partial charge in [-0.1, -0.05) is 30.3 Å². The average Bonchev–Trinajstić information content (AvgIpc) is 2.56. The first kappa shape index (κ1) is 13.8. The van der Waals surface area contributed by atoms with E-state index in [0.717, 1.165) is 21.2 Å². The number of pyridine rings is 1. The van der Waals surface area contributed by atoms with Gasteiger partial charge in [0.05, 0.1) is 17.1 Å². The minimum Gasteiger partial charge on any atom is -0.427 e. The van der Waals surface area contributed by atoms with Gasteiger partial charge in [-0.2, -0.15) is 14.9 Å². The molecule has 0 saturated carbocycles. The van der Waals surface area contributed by atoms with Crippen molar-refractivity contribution < 1.29 is 5.21 Å². The van der Waals surface area contributed by atoms with Crippen LogP contribution in [0.1, 0.15) is 5.69 Å². The number of anilines is 1. The van der Waals surface area contributed by atoms with Crippen LogP contribution in [0.3, 0.4) is 0 Å². The quantitative estimate of drug-likeness (QED) is 0.390. The summed E-state index contributed by atoms with van der Waals surface area (Å²) in [6.07, 6.45) is 0. The minimum absolute atomic E-state index is 0.401. The number of aryl methyl sites for hydroxylation is 1. The largest absolute Gasteiger partial charge is 0.427 e. The SMILES string of the molecule is Cc1cccc(=NNc2ccc(N=N)c3ccccc23)n1O. The lowest BCUT2D eigenvalue weighted by molar-refractivity contribution is 0.165. The van der Waals surface area contributed by atoms with Crippen LogP contribution in [-0.4, -0.2) is 9.94 Å². The third kappa shape index (κ3) is 2.42. The highest BCUT2D eigenvalue weighted by Crippen LogP contribution is 2.31. The highest BCUT2D eigenvalue weighted by Gasteiger charge is 2.04. The Hall–Kier alpha value is -3.15. The second-order valence-electron chi connectivity index (χ2n) is 4.85. The minimum atomic E-state index is 0.401. The molecule has 0 atom stereocenters. The number of hydrogen-bond acceptors (Lipinski definition) is 5. The smallest absolute Gasteiger partial charge is 0.187 e. The lowest BCUT2D eigenvalue weighted by atomic mass is 10.1. The Balaban J connectivity index is 2.09. The van der Waals surface area contributed by atoms with Crippen molar-refractivity contribution in [2.24, 2.45) is 10.2 Å². The summed E-state index contributed by atoms with van der Waals surface area (Å²) >= 11 is 0. The molecule has 0 aliphatic rings. The van der Waals surface area contributed by atoms with Crippen molar-refractivity contribution in [2.45, 2.75) is 6.92 Å². The Labute approximate surface area is 126 Å². The van der Waals surface area contributed by atoms with Gasteiger partial charge in [0.25, 0.3) is 0 Å². The predicted octanol–water partition coefficient (Wildman–Crippen LogP) is 3.78. The van der Waals surface area contributed by atoms with E-state index in [1.54, 1.807) is 25.1 Å². The Morgan fingerprint density at radius 2 is 1.77 bits per heavy atom. The molecule has 0 saturated heterocycles. The van der Waals surface area contributed by atoms with Crippen molar-refractivity contribution in [2.75, 3.05) is 5.43 Å². The standard InChI is InChI=1S/C16H15N5O/c1-11-5-4-8-16(21(11)22)20-19-15-10-9-14(18-17)12-6-2-3-7-13(12)15/h2-10,17,19,22H,1H3. The molecule has 0 aliphatic heterocycles. The first-order valence-corrected chi connectivity index (χ1v) is 6.77. The van der Waals surface area contributed by atoms with E-state index < -0.39 is 0 Å². The van der Waals surface area contributed by atoms with Crippen molar-refractivity contribution >= 4 is 22.1 Å². The Kier molecular flexibility index (Phi) is 3.57. The van der Waals surface area contributed by atoms with Gasteiger partial charge in [-0.05, 0) is 31.2 Å². The molecule has 0 aliphatic carbocycles. The van der Waals surface area contributed by atoms with E-state index in [1.807, 2.05) is 36.4 Å². The number of aromatic nitrogens is 1. The third-order valence-corrected chi connectivity index (χ3v) is 3.45. The van der Waals surface area contributed by atoms with Crippen LogP contribution in [0.4, 0.5) is 11.4 Å². The number of nitrogens with one attached hydrogen (secondary N) is 2. The molecule has 0 bridgehead atoms. The van der Waals surface area contributed by atoms with Crippen molar-refractivity contribution in [1.29, 1.82) is 5.53 Å². The molecule has 6 heteroatoms. The first-order valence-electron chi connectivity index (χ1n) is 6.77. The molecule has 0 unspecified atom stereocenters. The molecular weight excluding hydrogens is 278 g/mol. The van der Waals surface area contributed by atoms with Crippen molar-refractivity contribution in [3.8, 4) is 0 Å². The number of rotatable bonds is 3. The second-order valence-corrected chi connectivity index (χ2v) is 4.85. The fourth-order valence-corrected chi connectivity index (χ4v) is 2.28. The zero-order valence-corrected chi connectivity index (χ0v) is 12.0. The maximum atomic E-state index is 9.91. The normalized spacial score (nSPS) is 11.6. The topological polar surface area (TPSA) is 85.8 Å². The molecule has 6 nitrogen and oxygen atoms in total. The van der Waals surface area contributed by atoms with Crippen molar-refractivity contribution in [1.82, 2.24) is 4.73 Å². The van der Waals surface area contributed by atoms with Crippen LogP contribution in [0.25, 0.3) is 10.8 Å². The summed E-state index contributed by atoms with van der Waals surface area (Å²) in [5.41, 5.74) is 12.7. The Morgan fingerprint density at radius 1 is 1.00 bits per heavy atom. The van der Waals surface area contributed by atoms with E-state index in [-0.39, 0.29) is 0 Å². The van der Waals surface area contributed by atoms with E-state index >= 15 is 0 Å². The molecule has 110 valence electrons. The summed E-state index contributed by atoms with van der Waals surface area (Å²) in [7, 11) is 0. The molecule has 3 aromatic rings. The van der Waals surface area contributed by atoms with Gasteiger partial charge in [0.15, 0.2) is 5.49 Å². The van der Waals surface area contributed by atoms with Crippen LogP contribution >= 0.6 is 0 Å². The van der Waals surface area contributed by atoms with Crippen molar-refractivity contribution in [3.05, 3.63) is 65.8 Å². The van der Waals surface area contributed by atoms with E-state index in [2.05, 4.69) is 15.6 Å². The third-order valence-electron chi connectivity index (χ3n) is 3.45. The molecule has 2 aromatic carbocycles. The van der Waals surface area contributed by atoms with Gasteiger partial charge < -0.3 is 5.21 Å². The summed E-state index contributed by atoms with van der Waals surface area (Å²) in [5.74, 6) is 0. The van der Waals surface area contributed by atoms with Gasteiger partial charge in [0.1, 0.15) is 0 Å². The van der Waals surface area contributed by atoms with Gasteiger partial charge >= 0.3 is 0 Å². The van der Waals surface area contributed by atoms with E-state index in [0.29, 0.717) is 16.9 Å². The average molecular weight is 293 g/mol. The summed E-state index contributed by atoms with van der Waals surface area (Å²) in [5, 5.41) is 19.5. The monoisotopic (exact) mass is 293 g/mol. The molecular formula is C16H15N5O. The van der Waals surface area contributed by atoms with Crippen LogP contribution in [0.2, 0.25) is 0 Å². The molecule has 0 fully saturated rings. The van der Waals surface area contributed by atoms with E-state index in [9.17, 15) is 5.21 Å². The summed E-state index contributed by atoms with van der Waals surface area (Å²) in [6, 6.07) is 16.6. The zero-order valence-electron chi connectivity index (χ0n) is 12.0. The molecule has 3 N–H and O–H groups in total. The molecule has 0 radical (unpaired) electrons. The van der Waals surface area contributed by atoms with Crippen LogP contribution in [0.15, 0.2) is 64.8 Å². The lowest BCUT2D eigenvalue weighted by Gasteiger charge is -2.08. The Bertz CT molecular complexity index is 914. The fraction of sp³-hybridized carbons (Fsp3) is 0.0625. The van der Waals surface area contributed by atoms with Crippen molar-refractivity contribution in [3.63, 3.8) is 0 Å². The van der Waals surface area contributed by atoms with E-state index in [1.165, 1.54) is 0 Å². The highest BCUT2D eigenvalue weighted by molar-refractivity contribution is 6.00. The van der Waals surface area contributed by atoms with Crippen LogP contribution in [0.5, 0.6) is 0 Å². The molecule has 3 rings (SSSR count). The highest BCUT2D eigenvalue weighted by atomic mass is 16.5. The molecule has 0 amide bonds. The van der Waals surface area contributed by atoms with Gasteiger partial charge in [-0.3, -0.25) is 5.43 Å². The number of benzene rings is 2. The predicted molar refractivity (Wildman–Crippen MR) is 84.3 cm³/mol. The molecule has 22 heavy (non-hydrogen) atoms. The van der Waals surface area contributed by atoms with Gasteiger partial charge in [0.2, 0.25) is 0 Å². The molecule has 1 heterocycles. The van der Waals surface area contributed by atoms with Crippen LogP contribution in [0, 0.1) is 12.5 Å². The molecule has 0 spiro atoms. The van der Waals surface area contributed by atoms with Crippen LogP contribution in [-0.2, 0) is 0 Å². The Morgan fingerprint density at radius 3 is 2.55 bits per heavy atom. The zero-order chi connectivity index (χ0) is 15.5. The van der Waals surface area contributed by atoms with E-state index in [4.69, 9.17) is 5.53 Å². The maximum Gasteiger partial charge on any atom is 0.187 e. The number of hydrogen-bond donors (Lipinski definition) is 3. The second kappa shape index (κ2) is 5.69. The molecule has 1 aromatic heterocycles. The van der Waals surface area contributed by atoms with Gasteiger partial charge in [0, 0.05) is 10.8 Å². The summed E-state index contributed by atoms with van der Waals surface area (Å²) in [6.45, 7) is 1.79. The van der Waals surface area contributed by atoms with Crippen LogP contribution < -0.4 is 10.9 Å². The number of nitrogens with zero attached hydrogens (tertiary/aromatic N) is 3. The lowest BCUT2D eigenvalue weighted by Crippen LogP contribution is -2.21. The van der Waals surface area contributed by atoms with Gasteiger partial charge in [-0.15, -0.1) is 0 Å². The van der Waals surface area contributed by atoms with Gasteiger partial charge in [-0.25, -0.2) is 5.53 Å². The first-order chi connectivity index (χ1) is 10.7. The maximum absolute atomic E-state index is 9.91. The summed E-state index contributed by atoms with van der Waals surface area (Å²) < 4.78 is 1.02.